The number of halogens is 1. The van der Waals surface area contributed by atoms with Crippen LogP contribution in [-0.2, 0) is 22.6 Å². The molecule has 2 aromatic carbocycles. The van der Waals surface area contributed by atoms with E-state index < -0.39 is 0 Å². The van der Waals surface area contributed by atoms with Crippen LogP contribution in [0.5, 0.6) is 0 Å². The van der Waals surface area contributed by atoms with Crippen LogP contribution in [0.2, 0.25) is 0 Å². The first-order valence-electron chi connectivity index (χ1n) is 9.33. The molecule has 0 unspecified atom stereocenters. The number of ether oxygens (including phenoxy) is 1. The van der Waals surface area contributed by atoms with Crippen molar-refractivity contribution in [3.63, 3.8) is 0 Å². The number of hydrogen-bond donors (Lipinski definition) is 0. The molecule has 5 heteroatoms. The lowest BCUT2D eigenvalue weighted by Crippen LogP contribution is -2.16. The first kappa shape index (κ1) is 18.3. The number of benzene rings is 2. The number of nitrogens with zero attached hydrogens (tertiary/aromatic N) is 2. The highest BCUT2D eigenvalue weighted by Gasteiger charge is 2.27. The number of carbonyl (C=O) groups is 1. The molecule has 4 nitrogen and oxygen atoms in total. The molecule has 0 amide bonds. The Balaban J connectivity index is 1.89. The summed E-state index contributed by atoms with van der Waals surface area (Å²) in [6.45, 7) is 4.92. The van der Waals surface area contributed by atoms with Crippen molar-refractivity contribution in [3.05, 3.63) is 82.9 Å². The standard InChI is InChI=1S/C23H21FN2O2/c1-3-28-14-20-23(17-6-4-15(2)5-7-17)22-13-19(27)12-21(26(22)25-20)16-8-10-18(24)11-9-16/h4-12H,3,13-14H2,1-2H3. The zero-order valence-electron chi connectivity index (χ0n) is 15.9. The van der Waals surface area contributed by atoms with E-state index in [4.69, 9.17) is 9.84 Å². The second-order valence-corrected chi connectivity index (χ2v) is 6.86. The molecule has 0 N–H and O–H groups in total. The molecule has 0 aliphatic carbocycles. The Bertz CT molecular complexity index is 1050. The van der Waals surface area contributed by atoms with Crippen molar-refractivity contribution in [1.29, 1.82) is 0 Å². The maximum atomic E-state index is 13.4. The fourth-order valence-electron chi connectivity index (χ4n) is 3.48. The van der Waals surface area contributed by atoms with Gasteiger partial charge in [0.1, 0.15) is 5.82 Å². The highest BCUT2D eigenvalue weighted by molar-refractivity contribution is 6.01. The molecule has 0 bridgehead atoms. The number of carbonyl (C=O) groups excluding carboxylic acids is 1. The number of ketones is 1. The molecule has 1 aliphatic rings. The SMILES string of the molecule is CCOCc1nn2c(c1-c1ccc(C)cc1)CC(=O)C=C2c1ccc(F)cc1. The number of aryl methyl sites for hydroxylation is 1. The van der Waals surface area contributed by atoms with E-state index in [1.54, 1.807) is 22.9 Å². The fourth-order valence-corrected chi connectivity index (χ4v) is 3.48. The summed E-state index contributed by atoms with van der Waals surface area (Å²) in [5.41, 5.74) is 6.15. The van der Waals surface area contributed by atoms with Crippen LogP contribution in [0, 0.1) is 12.7 Å². The molecular weight excluding hydrogens is 355 g/mol. The van der Waals surface area contributed by atoms with Gasteiger partial charge in [0.05, 0.1) is 30.1 Å². The average molecular weight is 376 g/mol. The van der Waals surface area contributed by atoms with Crippen molar-refractivity contribution in [3.8, 4) is 11.1 Å². The largest absolute Gasteiger partial charge is 0.375 e. The Hall–Kier alpha value is -3.05. The number of allylic oxidation sites excluding steroid dienone is 1. The van der Waals surface area contributed by atoms with Gasteiger partial charge in [-0.2, -0.15) is 5.10 Å². The van der Waals surface area contributed by atoms with Crippen molar-refractivity contribution in [2.75, 3.05) is 6.61 Å². The van der Waals surface area contributed by atoms with Gasteiger partial charge in [-0.25, -0.2) is 9.07 Å². The van der Waals surface area contributed by atoms with E-state index >= 15 is 0 Å². The molecule has 0 saturated carbocycles. The lowest BCUT2D eigenvalue weighted by molar-refractivity contribution is -0.114. The summed E-state index contributed by atoms with van der Waals surface area (Å²) in [5.74, 6) is -0.312. The second kappa shape index (κ2) is 7.52. The van der Waals surface area contributed by atoms with Gasteiger partial charge in [-0.05, 0) is 43.7 Å². The lowest BCUT2D eigenvalue weighted by Gasteiger charge is -2.17. The number of fused-ring (bicyclic) bond motifs is 1. The number of aromatic nitrogens is 2. The zero-order valence-corrected chi connectivity index (χ0v) is 15.9. The van der Waals surface area contributed by atoms with Crippen LogP contribution in [0.3, 0.4) is 0 Å². The third-order valence-electron chi connectivity index (χ3n) is 4.84. The molecule has 0 saturated heterocycles. The third kappa shape index (κ3) is 3.41. The minimum absolute atomic E-state index is 0.00282. The summed E-state index contributed by atoms with van der Waals surface area (Å²) < 4.78 is 20.8. The number of rotatable bonds is 5. The fraction of sp³-hybridized carbons (Fsp3) is 0.217. The quantitative estimate of drug-likeness (QED) is 0.656. The summed E-state index contributed by atoms with van der Waals surface area (Å²) in [4.78, 5) is 12.5. The van der Waals surface area contributed by atoms with Crippen molar-refractivity contribution in [1.82, 2.24) is 9.78 Å². The van der Waals surface area contributed by atoms with Crippen molar-refractivity contribution < 1.29 is 13.9 Å². The Morgan fingerprint density at radius 3 is 2.43 bits per heavy atom. The van der Waals surface area contributed by atoms with Gasteiger partial charge in [0.25, 0.3) is 0 Å². The van der Waals surface area contributed by atoms with Crippen LogP contribution in [-0.4, -0.2) is 22.2 Å². The van der Waals surface area contributed by atoms with E-state index in [-0.39, 0.29) is 18.0 Å². The monoisotopic (exact) mass is 376 g/mol. The number of hydrogen-bond acceptors (Lipinski definition) is 3. The van der Waals surface area contributed by atoms with Gasteiger partial charge in [-0.3, -0.25) is 4.79 Å². The minimum Gasteiger partial charge on any atom is -0.375 e. The molecule has 142 valence electrons. The van der Waals surface area contributed by atoms with E-state index in [2.05, 4.69) is 0 Å². The highest BCUT2D eigenvalue weighted by Crippen LogP contribution is 2.34. The van der Waals surface area contributed by atoms with Gasteiger partial charge in [0.15, 0.2) is 5.78 Å². The molecule has 4 rings (SSSR count). The van der Waals surface area contributed by atoms with Crippen LogP contribution < -0.4 is 0 Å². The predicted molar refractivity (Wildman–Crippen MR) is 106 cm³/mol. The summed E-state index contributed by atoms with van der Waals surface area (Å²) in [6, 6.07) is 14.3. The van der Waals surface area contributed by atoms with E-state index in [1.807, 2.05) is 38.1 Å². The lowest BCUT2D eigenvalue weighted by atomic mass is 9.97. The van der Waals surface area contributed by atoms with E-state index in [9.17, 15) is 9.18 Å². The first-order valence-corrected chi connectivity index (χ1v) is 9.33. The Kier molecular flexibility index (Phi) is 4.92. The van der Waals surface area contributed by atoms with Crippen LogP contribution >= 0.6 is 0 Å². The van der Waals surface area contributed by atoms with Gasteiger partial charge in [-0.15, -0.1) is 0 Å². The molecule has 0 atom stereocenters. The summed E-state index contributed by atoms with van der Waals surface area (Å²) in [5, 5.41) is 4.78. The molecular formula is C23H21FN2O2. The topological polar surface area (TPSA) is 44.1 Å². The molecule has 0 radical (unpaired) electrons. The Morgan fingerprint density at radius 2 is 1.75 bits per heavy atom. The normalized spacial score (nSPS) is 13.4. The van der Waals surface area contributed by atoms with Crippen LogP contribution in [0.25, 0.3) is 16.8 Å². The van der Waals surface area contributed by atoms with Crippen LogP contribution in [0.1, 0.15) is 29.4 Å². The first-order chi connectivity index (χ1) is 13.6. The molecule has 2 heterocycles. The van der Waals surface area contributed by atoms with Crippen molar-refractivity contribution in [2.24, 2.45) is 0 Å². The summed E-state index contributed by atoms with van der Waals surface area (Å²) in [7, 11) is 0. The van der Waals surface area contributed by atoms with Gasteiger partial charge in [0.2, 0.25) is 0 Å². The molecule has 28 heavy (non-hydrogen) atoms. The predicted octanol–water partition coefficient (Wildman–Crippen LogP) is 4.55. The molecule has 3 aromatic rings. The van der Waals surface area contributed by atoms with Crippen LogP contribution in [0.4, 0.5) is 4.39 Å². The van der Waals surface area contributed by atoms with Crippen LogP contribution in [0.15, 0.2) is 54.6 Å². The van der Waals surface area contributed by atoms with Gasteiger partial charge in [0, 0.05) is 23.8 Å². The molecule has 1 aromatic heterocycles. The van der Waals surface area contributed by atoms with Crippen molar-refractivity contribution in [2.45, 2.75) is 26.9 Å². The van der Waals surface area contributed by atoms with Gasteiger partial charge >= 0.3 is 0 Å². The Morgan fingerprint density at radius 1 is 1.07 bits per heavy atom. The summed E-state index contributed by atoms with van der Waals surface area (Å²) >= 11 is 0. The minimum atomic E-state index is -0.315. The molecule has 0 spiro atoms. The smallest absolute Gasteiger partial charge is 0.163 e. The molecule has 1 aliphatic heterocycles. The zero-order chi connectivity index (χ0) is 19.7. The highest BCUT2D eigenvalue weighted by atomic mass is 19.1. The summed E-state index contributed by atoms with van der Waals surface area (Å²) in [6.07, 6.45) is 1.85. The van der Waals surface area contributed by atoms with Crippen molar-refractivity contribution >= 4 is 11.5 Å². The Labute approximate surface area is 163 Å². The maximum Gasteiger partial charge on any atom is 0.163 e. The maximum absolute atomic E-state index is 13.4. The van der Waals surface area contributed by atoms with Gasteiger partial charge < -0.3 is 4.74 Å². The molecule has 0 fully saturated rings. The van der Waals surface area contributed by atoms with E-state index in [0.717, 1.165) is 28.1 Å². The average Bonchev–Trinajstić information content (AvgIpc) is 3.05. The van der Waals surface area contributed by atoms with Gasteiger partial charge in [-0.1, -0.05) is 29.8 Å². The second-order valence-electron chi connectivity index (χ2n) is 6.86. The van der Waals surface area contributed by atoms with E-state index in [0.29, 0.717) is 18.9 Å². The third-order valence-corrected chi connectivity index (χ3v) is 4.84. The van der Waals surface area contributed by atoms with E-state index in [1.165, 1.54) is 17.7 Å².